The van der Waals surface area contributed by atoms with Crippen LogP contribution in [0.5, 0.6) is 0 Å². The zero-order valence-corrected chi connectivity index (χ0v) is 12.5. The van der Waals surface area contributed by atoms with Crippen molar-refractivity contribution < 1.29 is 8.42 Å². The highest BCUT2D eigenvalue weighted by Crippen LogP contribution is 2.31. The Morgan fingerprint density at radius 2 is 1.95 bits per heavy atom. The molecular formula is C10H7BrN4O2S2. The van der Waals surface area contributed by atoms with Gasteiger partial charge in [-0.15, -0.1) is 5.10 Å². The molecule has 0 amide bonds. The maximum Gasteiger partial charge on any atom is 0.267 e. The molecule has 0 aliphatic carbocycles. The third kappa shape index (κ3) is 2.18. The molecule has 1 aromatic carbocycles. The van der Waals surface area contributed by atoms with Crippen molar-refractivity contribution in [2.24, 2.45) is 5.14 Å². The highest BCUT2D eigenvalue weighted by atomic mass is 79.9. The van der Waals surface area contributed by atoms with Crippen molar-refractivity contribution in [3.05, 3.63) is 34.9 Å². The summed E-state index contributed by atoms with van der Waals surface area (Å²) < 4.78 is 24.5. The first-order valence-corrected chi connectivity index (χ1v) is 8.25. The summed E-state index contributed by atoms with van der Waals surface area (Å²) in [4.78, 5) is 4.71. The molecule has 9 heteroatoms. The van der Waals surface area contributed by atoms with E-state index in [1.54, 1.807) is 0 Å². The lowest BCUT2D eigenvalue weighted by atomic mass is 10.2. The first-order valence-electron chi connectivity index (χ1n) is 5.10. The Labute approximate surface area is 121 Å². The van der Waals surface area contributed by atoms with Crippen LogP contribution in [0.2, 0.25) is 0 Å². The van der Waals surface area contributed by atoms with Crippen molar-refractivity contribution >= 4 is 42.3 Å². The smallest absolute Gasteiger partial charge is 0.223 e. The molecule has 0 bridgehead atoms. The Morgan fingerprint density at radius 3 is 2.58 bits per heavy atom. The van der Waals surface area contributed by atoms with Crippen LogP contribution in [0.15, 0.2) is 39.3 Å². The Kier molecular flexibility index (Phi) is 2.93. The molecule has 2 aromatic heterocycles. The first-order chi connectivity index (χ1) is 8.97. The zero-order valence-electron chi connectivity index (χ0n) is 9.32. The number of aromatic nitrogens is 3. The fourth-order valence-corrected chi connectivity index (χ4v) is 3.86. The second-order valence-electron chi connectivity index (χ2n) is 3.72. The van der Waals surface area contributed by atoms with Gasteiger partial charge in [0.2, 0.25) is 9.30 Å². The number of fused-ring (bicyclic) bond motifs is 1. The molecule has 0 atom stereocenters. The first kappa shape index (κ1) is 12.7. The summed E-state index contributed by atoms with van der Waals surface area (Å²) in [5, 5.41) is 9.08. The average Bonchev–Trinajstić information content (AvgIpc) is 2.86. The number of nitrogens with two attached hydrogens (primary N) is 1. The van der Waals surface area contributed by atoms with E-state index in [1.165, 1.54) is 4.52 Å². The molecule has 0 fully saturated rings. The second kappa shape index (κ2) is 4.37. The second-order valence-corrected chi connectivity index (χ2v) is 7.17. The lowest BCUT2D eigenvalue weighted by Crippen LogP contribution is -2.12. The summed E-state index contributed by atoms with van der Waals surface area (Å²) >= 11 is 4.29. The molecule has 0 saturated heterocycles. The van der Waals surface area contributed by atoms with Crippen LogP contribution < -0.4 is 5.14 Å². The Balaban J connectivity index is 2.30. The quantitative estimate of drug-likeness (QED) is 0.756. The predicted octanol–water partition coefficient (Wildman–Crippen LogP) is 1.87. The summed E-state index contributed by atoms with van der Waals surface area (Å²) in [6.07, 6.45) is 0. The normalized spacial score (nSPS) is 12.1. The summed E-state index contributed by atoms with van der Waals surface area (Å²) in [5.41, 5.74) is 1.58. The Hall–Kier alpha value is -1.29. The summed E-state index contributed by atoms with van der Waals surface area (Å²) in [7, 11) is -3.82. The monoisotopic (exact) mass is 358 g/mol. The lowest BCUT2D eigenvalue weighted by molar-refractivity contribution is 0.595. The number of nitrogens with zero attached hydrogens (tertiary/aromatic N) is 3. The van der Waals surface area contributed by atoms with Crippen LogP contribution >= 0.6 is 27.3 Å². The third-order valence-corrected chi connectivity index (χ3v) is 5.20. The van der Waals surface area contributed by atoms with Crippen molar-refractivity contribution in [3.63, 3.8) is 0 Å². The van der Waals surface area contributed by atoms with Crippen LogP contribution in [-0.4, -0.2) is 23.0 Å². The molecule has 3 rings (SSSR count). The standard InChI is InChI=1S/C10H7BrN4O2S2/c11-8-7(6-4-2-1-3-5-6)15-9(13-8)18-10(14-15)19(12,16)17/h1-5H,(H2,12,16,17). The van der Waals surface area contributed by atoms with Gasteiger partial charge in [0.25, 0.3) is 10.0 Å². The topological polar surface area (TPSA) is 90.4 Å². The number of primary sulfonamides is 1. The fourth-order valence-electron chi connectivity index (χ4n) is 1.66. The van der Waals surface area contributed by atoms with Gasteiger partial charge in [0.15, 0.2) is 0 Å². The van der Waals surface area contributed by atoms with Gasteiger partial charge in [0.1, 0.15) is 10.3 Å². The van der Waals surface area contributed by atoms with E-state index in [1.807, 2.05) is 30.3 Å². The van der Waals surface area contributed by atoms with E-state index in [2.05, 4.69) is 26.0 Å². The number of benzene rings is 1. The van der Waals surface area contributed by atoms with Crippen molar-refractivity contribution in [2.75, 3.05) is 0 Å². The number of rotatable bonds is 2. The molecule has 2 heterocycles. The molecule has 6 nitrogen and oxygen atoms in total. The number of hydrogen-bond acceptors (Lipinski definition) is 5. The number of hydrogen-bond donors (Lipinski definition) is 1. The van der Waals surface area contributed by atoms with Gasteiger partial charge < -0.3 is 0 Å². The molecule has 19 heavy (non-hydrogen) atoms. The van der Waals surface area contributed by atoms with Crippen LogP contribution in [-0.2, 0) is 10.0 Å². The van der Waals surface area contributed by atoms with Gasteiger partial charge in [-0.3, -0.25) is 0 Å². The van der Waals surface area contributed by atoms with E-state index in [4.69, 9.17) is 5.14 Å². The van der Waals surface area contributed by atoms with Crippen LogP contribution in [0.25, 0.3) is 16.2 Å². The molecule has 3 aromatic rings. The molecule has 0 aliphatic heterocycles. The molecule has 0 spiro atoms. The zero-order chi connectivity index (χ0) is 13.6. The van der Waals surface area contributed by atoms with Gasteiger partial charge in [0, 0.05) is 5.56 Å². The predicted molar refractivity (Wildman–Crippen MR) is 75.4 cm³/mol. The van der Waals surface area contributed by atoms with Gasteiger partial charge in [-0.1, -0.05) is 41.7 Å². The molecule has 2 N–H and O–H groups in total. The van der Waals surface area contributed by atoms with Crippen molar-refractivity contribution in [2.45, 2.75) is 4.34 Å². The van der Waals surface area contributed by atoms with E-state index in [-0.39, 0.29) is 4.34 Å². The van der Waals surface area contributed by atoms with E-state index in [9.17, 15) is 8.42 Å². The average molecular weight is 359 g/mol. The van der Waals surface area contributed by atoms with Crippen molar-refractivity contribution in [3.8, 4) is 11.3 Å². The minimum atomic E-state index is -3.82. The van der Waals surface area contributed by atoms with Crippen molar-refractivity contribution in [1.29, 1.82) is 0 Å². The SMILES string of the molecule is NS(=O)(=O)c1nn2c(-c3ccccc3)c(Br)nc2s1. The molecule has 0 aliphatic rings. The number of sulfonamides is 1. The highest BCUT2D eigenvalue weighted by molar-refractivity contribution is 9.10. The van der Waals surface area contributed by atoms with Gasteiger partial charge >= 0.3 is 0 Å². The van der Waals surface area contributed by atoms with Crippen LogP contribution in [0, 0.1) is 0 Å². The van der Waals surface area contributed by atoms with E-state index >= 15 is 0 Å². The largest absolute Gasteiger partial charge is 0.267 e. The fraction of sp³-hybridized carbons (Fsp3) is 0. The lowest BCUT2D eigenvalue weighted by Gasteiger charge is -1.98. The number of imidazole rings is 1. The molecular weight excluding hydrogens is 352 g/mol. The van der Waals surface area contributed by atoms with E-state index < -0.39 is 10.0 Å². The van der Waals surface area contributed by atoms with Crippen molar-refractivity contribution in [1.82, 2.24) is 14.6 Å². The maximum atomic E-state index is 11.3. The van der Waals surface area contributed by atoms with E-state index in [0.29, 0.717) is 15.3 Å². The van der Waals surface area contributed by atoms with Crippen LogP contribution in [0.1, 0.15) is 0 Å². The summed E-state index contributed by atoms with van der Waals surface area (Å²) in [6.45, 7) is 0. The molecule has 98 valence electrons. The van der Waals surface area contributed by atoms with E-state index in [0.717, 1.165) is 16.9 Å². The van der Waals surface area contributed by atoms with Gasteiger partial charge in [-0.25, -0.2) is 23.1 Å². The number of halogens is 1. The molecule has 0 saturated carbocycles. The maximum absolute atomic E-state index is 11.3. The Bertz CT molecular complexity index is 854. The highest BCUT2D eigenvalue weighted by Gasteiger charge is 2.20. The summed E-state index contributed by atoms with van der Waals surface area (Å²) in [6, 6.07) is 9.45. The minimum absolute atomic E-state index is 0.153. The third-order valence-electron chi connectivity index (χ3n) is 2.43. The van der Waals surface area contributed by atoms with Crippen LogP contribution in [0.4, 0.5) is 0 Å². The van der Waals surface area contributed by atoms with Crippen LogP contribution in [0.3, 0.4) is 0 Å². The summed E-state index contributed by atoms with van der Waals surface area (Å²) in [5.74, 6) is 0. The Morgan fingerprint density at radius 1 is 1.26 bits per heavy atom. The van der Waals surface area contributed by atoms with Gasteiger partial charge in [0.05, 0.1) is 0 Å². The minimum Gasteiger partial charge on any atom is -0.223 e. The van der Waals surface area contributed by atoms with Gasteiger partial charge in [-0.05, 0) is 15.9 Å². The van der Waals surface area contributed by atoms with Gasteiger partial charge in [-0.2, -0.15) is 0 Å². The molecule has 0 radical (unpaired) electrons. The molecule has 0 unspecified atom stereocenters.